The van der Waals surface area contributed by atoms with Crippen molar-refractivity contribution in [1.82, 2.24) is 4.98 Å². The van der Waals surface area contributed by atoms with E-state index in [2.05, 4.69) is 25.7 Å². The van der Waals surface area contributed by atoms with Crippen molar-refractivity contribution in [3.8, 4) is 0 Å². The predicted molar refractivity (Wildman–Crippen MR) is 131 cm³/mol. The number of aliphatic hydroxyl groups is 3. The number of rotatable bonds is 2. The molecule has 4 saturated carbocycles. The van der Waals surface area contributed by atoms with Gasteiger partial charge in [0.2, 0.25) is 5.79 Å². The topological polar surface area (TPSA) is 112 Å². The monoisotopic (exact) mass is 500 g/mol. The number of ether oxygens (including phenoxy) is 1. The van der Waals surface area contributed by atoms with Crippen LogP contribution in [0.4, 0.5) is 5.13 Å². The number of carbonyl (C=O) groups excluding carboxylic acids is 1. The van der Waals surface area contributed by atoms with Gasteiger partial charge in [-0.15, -0.1) is 11.3 Å². The molecule has 7 aliphatic rings. The van der Waals surface area contributed by atoms with E-state index in [4.69, 9.17) is 9.72 Å². The zero-order valence-corrected chi connectivity index (χ0v) is 21.4. The van der Waals surface area contributed by atoms with Gasteiger partial charge in [0.1, 0.15) is 11.5 Å². The molecule has 8 atom stereocenters. The molecular weight excluding hydrogens is 464 g/mol. The molecule has 2 aliphatic heterocycles. The Bertz CT molecular complexity index is 1130. The highest BCUT2D eigenvalue weighted by atomic mass is 32.1. The number of hydrogen-bond donors (Lipinski definition) is 4. The van der Waals surface area contributed by atoms with Crippen molar-refractivity contribution in [1.29, 1.82) is 0 Å². The van der Waals surface area contributed by atoms with Crippen LogP contribution in [0.25, 0.3) is 0 Å². The fourth-order valence-corrected chi connectivity index (χ4v) is 10.9. The number of aliphatic hydroxyl groups excluding tert-OH is 2. The molecular formula is C27H36N2O5S. The number of carbonyl (C=O) groups is 1. The van der Waals surface area contributed by atoms with Gasteiger partial charge in [0.25, 0.3) is 0 Å². The van der Waals surface area contributed by atoms with Gasteiger partial charge in [-0.05, 0) is 49.0 Å². The normalized spacial score (nSPS) is 47.9. The average molecular weight is 501 g/mol. The van der Waals surface area contributed by atoms with Gasteiger partial charge in [-0.3, -0.25) is 4.79 Å². The standard InChI is InChI=1S/C27H36N2O5S/c1-13-15-9-10-17-25-12-34-27(33,26(17,20(13)30)21(15)31)22(32)18(25)24(2,3)11-16-19(25)29-23(35-16)28-14-7-5-4-6-8-14/h14-15,17-18,21-22,31-33H,1,4-12H2,2-3H3,(H,28,29)/t15?,17-,18+,21+,22-,25-,26-,27-/m0/s1. The summed E-state index contributed by atoms with van der Waals surface area (Å²) < 4.78 is 6.15. The van der Waals surface area contributed by atoms with Crippen LogP contribution >= 0.6 is 11.3 Å². The smallest absolute Gasteiger partial charge is 0.208 e. The summed E-state index contributed by atoms with van der Waals surface area (Å²) in [5.74, 6) is -3.58. The molecule has 4 N–H and O–H groups in total. The number of thiazole rings is 1. The van der Waals surface area contributed by atoms with Crippen molar-refractivity contribution in [2.75, 3.05) is 11.9 Å². The van der Waals surface area contributed by atoms with E-state index in [-0.39, 0.29) is 29.6 Å². The number of Topliss-reactive ketones (excluding diaryl/α,β-unsaturated/α-hetero) is 1. The molecule has 1 unspecified atom stereocenters. The first-order valence-corrected chi connectivity index (χ1v) is 14.1. The summed E-state index contributed by atoms with van der Waals surface area (Å²) in [4.78, 5) is 20.2. The van der Waals surface area contributed by atoms with E-state index in [0.29, 0.717) is 24.5 Å². The van der Waals surface area contributed by atoms with Crippen molar-refractivity contribution in [3.05, 3.63) is 22.7 Å². The molecule has 0 radical (unpaired) electrons. The molecule has 6 fully saturated rings. The van der Waals surface area contributed by atoms with Crippen LogP contribution in [0.2, 0.25) is 0 Å². The molecule has 5 aliphatic carbocycles. The van der Waals surface area contributed by atoms with Gasteiger partial charge in [0.15, 0.2) is 10.9 Å². The summed E-state index contributed by atoms with van der Waals surface area (Å²) in [5.41, 5.74) is -1.44. The molecule has 8 rings (SSSR count). The molecule has 4 bridgehead atoms. The number of fused-ring (bicyclic) bond motifs is 3. The van der Waals surface area contributed by atoms with Crippen molar-refractivity contribution < 1.29 is 24.9 Å². The molecule has 1 aromatic rings. The van der Waals surface area contributed by atoms with Gasteiger partial charge in [-0.1, -0.05) is 39.7 Å². The molecule has 3 heterocycles. The second-order valence-electron chi connectivity index (χ2n) is 12.8. The maximum Gasteiger partial charge on any atom is 0.208 e. The maximum absolute atomic E-state index is 13.9. The Kier molecular flexibility index (Phi) is 4.54. The fraction of sp³-hybridized carbons (Fsp3) is 0.778. The first kappa shape index (κ1) is 22.8. The van der Waals surface area contributed by atoms with Crippen LogP contribution in [0.1, 0.15) is 69.4 Å². The molecule has 2 spiro atoms. The number of nitrogens with one attached hydrogen (secondary N) is 1. The largest absolute Gasteiger partial charge is 0.391 e. The quantitative estimate of drug-likeness (QED) is 0.462. The van der Waals surface area contributed by atoms with Crippen LogP contribution < -0.4 is 5.32 Å². The van der Waals surface area contributed by atoms with E-state index in [1.165, 1.54) is 24.1 Å². The fourth-order valence-electron chi connectivity index (χ4n) is 9.58. The summed E-state index contributed by atoms with van der Waals surface area (Å²) >= 11 is 1.69. The van der Waals surface area contributed by atoms with Gasteiger partial charge < -0.3 is 25.4 Å². The Morgan fingerprint density at radius 2 is 1.86 bits per heavy atom. The lowest BCUT2D eigenvalue weighted by atomic mass is 9.36. The van der Waals surface area contributed by atoms with Gasteiger partial charge in [-0.2, -0.15) is 0 Å². The lowest BCUT2D eigenvalue weighted by Crippen LogP contribution is -2.85. The first-order valence-electron chi connectivity index (χ1n) is 13.3. The Labute approximate surface area is 210 Å². The van der Waals surface area contributed by atoms with E-state index in [1.54, 1.807) is 11.3 Å². The molecule has 8 heteroatoms. The number of hydrogen-bond acceptors (Lipinski definition) is 8. The highest BCUT2D eigenvalue weighted by Gasteiger charge is 2.86. The van der Waals surface area contributed by atoms with E-state index in [1.807, 2.05) is 0 Å². The van der Waals surface area contributed by atoms with Gasteiger partial charge in [0, 0.05) is 28.2 Å². The van der Waals surface area contributed by atoms with Crippen LogP contribution in [0, 0.1) is 28.6 Å². The minimum absolute atomic E-state index is 0.192. The van der Waals surface area contributed by atoms with Gasteiger partial charge >= 0.3 is 0 Å². The van der Waals surface area contributed by atoms with Crippen LogP contribution in [0.3, 0.4) is 0 Å². The Morgan fingerprint density at radius 3 is 2.60 bits per heavy atom. The summed E-state index contributed by atoms with van der Waals surface area (Å²) in [7, 11) is 0. The van der Waals surface area contributed by atoms with Crippen LogP contribution in [0.5, 0.6) is 0 Å². The second-order valence-corrected chi connectivity index (χ2v) is 13.9. The Balaban J connectivity index is 1.42. The summed E-state index contributed by atoms with van der Waals surface area (Å²) in [5, 5.41) is 40.0. The van der Waals surface area contributed by atoms with Crippen LogP contribution in [0.15, 0.2) is 12.2 Å². The summed E-state index contributed by atoms with van der Waals surface area (Å²) in [6.45, 7) is 8.50. The maximum atomic E-state index is 13.9. The van der Waals surface area contributed by atoms with Gasteiger partial charge in [0.05, 0.1) is 18.4 Å². The molecule has 0 aromatic carbocycles. The third-order valence-corrected chi connectivity index (χ3v) is 11.8. The van der Waals surface area contributed by atoms with Crippen molar-refractivity contribution in [3.63, 3.8) is 0 Å². The molecule has 7 nitrogen and oxygen atoms in total. The highest BCUT2D eigenvalue weighted by molar-refractivity contribution is 7.15. The number of ketones is 1. The summed E-state index contributed by atoms with van der Waals surface area (Å²) in [6, 6.07) is 0.422. The zero-order valence-electron chi connectivity index (χ0n) is 20.5. The zero-order chi connectivity index (χ0) is 24.5. The minimum Gasteiger partial charge on any atom is -0.391 e. The number of aromatic nitrogens is 1. The number of anilines is 1. The lowest BCUT2D eigenvalue weighted by molar-refractivity contribution is -0.429. The molecule has 190 valence electrons. The first-order chi connectivity index (χ1) is 16.6. The van der Waals surface area contributed by atoms with Gasteiger partial charge in [-0.25, -0.2) is 4.98 Å². The second kappa shape index (κ2) is 6.95. The molecule has 2 saturated heterocycles. The number of nitrogens with zero attached hydrogens (tertiary/aromatic N) is 1. The van der Waals surface area contributed by atoms with Crippen molar-refractivity contribution >= 4 is 22.3 Å². The van der Waals surface area contributed by atoms with E-state index >= 15 is 0 Å². The molecule has 1 aromatic heterocycles. The Hall–Kier alpha value is -1.32. The average Bonchev–Trinajstić information content (AvgIpc) is 3.24. The van der Waals surface area contributed by atoms with Crippen LogP contribution in [-0.2, 0) is 21.4 Å². The van der Waals surface area contributed by atoms with Crippen LogP contribution in [-0.4, -0.2) is 56.7 Å². The van der Waals surface area contributed by atoms with E-state index < -0.39 is 34.7 Å². The third-order valence-electron chi connectivity index (χ3n) is 10.8. The van der Waals surface area contributed by atoms with Crippen molar-refractivity contribution in [2.24, 2.45) is 28.6 Å². The molecule has 0 amide bonds. The Morgan fingerprint density at radius 1 is 1.11 bits per heavy atom. The molecule has 35 heavy (non-hydrogen) atoms. The summed E-state index contributed by atoms with van der Waals surface area (Å²) in [6.07, 6.45) is 5.68. The van der Waals surface area contributed by atoms with Crippen molar-refractivity contribution in [2.45, 2.75) is 94.7 Å². The SMILES string of the molecule is C=C1C(=O)[C@]23[C@H](O)C1CC[C@H]2[C@@]12CO[C@@]3(O)[C@@H](O)[C@@H]1C(C)(C)Cc1sc(NC3CCCCC3)nc12. The highest BCUT2D eigenvalue weighted by Crippen LogP contribution is 2.75. The van der Waals surface area contributed by atoms with E-state index in [0.717, 1.165) is 30.1 Å². The predicted octanol–water partition coefficient (Wildman–Crippen LogP) is 2.93. The minimum atomic E-state index is -2.13. The van der Waals surface area contributed by atoms with E-state index in [9.17, 15) is 20.1 Å². The lowest BCUT2D eigenvalue weighted by Gasteiger charge is -2.73. The third kappa shape index (κ3) is 2.42.